The number of benzene rings is 1. The SMILES string of the molecule is CC(C)C[C@H](OCc1ccccc1)C(=O)N1NC[C@H]2SCC(=O)[C@H]21. The van der Waals surface area contributed by atoms with E-state index in [-0.39, 0.29) is 23.0 Å². The summed E-state index contributed by atoms with van der Waals surface area (Å²) in [5.74, 6) is 0.847. The molecule has 2 saturated heterocycles. The highest BCUT2D eigenvalue weighted by atomic mass is 32.2. The van der Waals surface area contributed by atoms with Crippen LogP contribution in [0.3, 0.4) is 0 Å². The molecule has 0 unspecified atom stereocenters. The lowest BCUT2D eigenvalue weighted by molar-refractivity contribution is -0.152. The summed E-state index contributed by atoms with van der Waals surface area (Å²) in [6, 6.07) is 9.50. The number of nitrogens with one attached hydrogen (secondary N) is 1. The van der Waals surface area contributed by atoms with Crippen molar-refractivity contribution >= 4 is 23.5 Å². The van der Waals surface area contributed by atoms with Gasteiger partial charge in [0.05, 0.1) is 12.4 Å². The second-order valence-electron chi connectivity index (χ2n) is 6.75. The predicted octanol–water partition coefficient (Wildman–Crippen LogP) is 2.02. The smallest absolute Gasteiger partial charge is 0.266 e. The first kappa shape index (κ1) is 17.5. The molecule has 2 fully saturated rings. The number of carbonyl (C=O) groups is 2. The number of carbonyl (C=O) groups excluding carboxylic acids is 2. The van der Waals surface area contributed by atoms with Gasteiger partial charge in [0.2, 0.25) is 0 Å². The number of hydrogen-bond acceptors (Lipinski definition) is 5. The molecule has 2 heterocycles. The van der Waals surface area contributed by atoms with Crippen molar-refractivity contribution in [1.82, 2.24) is 10.4 Å². The summed E-state index contributed by atoms with van der Waals surface area (Å²) < 4.78 is 5.95. The van der Waals surface area contributed by atoms with Crippen LogP contribution in [0.25, 0.3) is 0 Å². The van der Waals surface area contributed by atoms with Gasteiger partial charge in [0.15, 0.2) is 5.78 Å². The molecular formula is C18H24N2O3S. The number of fused-ring (bicyclic) bond motifs is 1. The maximum atomic E-state index is 13.0. The lowest BCUT2D eigenvalue weighted by Crippen LogP contribution is -2.51. The number of Topliss-reactive ketones (excluding diaryl/α,β-unsaturated/α-hetero) is 1. The van der Waals surface area contributed by atoms with Crippen LogP contribution in [-0.2, 0) is 20.9 Å². The summed E-state index contributed by atoms with van der Waals surface area (Å²) in [6.45, 7) is 5.21. The molecule has 24 heavy (non-hydrogen) atoms. The van der Waals surface area contributed by atoms with E-state index < -0.39 is 6.10 Å². The first-order chi connectivity index (χ1) is 11.6. The Morgan fingerprint density at radius 1 is 1.38 bits per heavy atom. The third-order valence-electron chi connectivity index (χ3n) is 4.36. The van der Waals surface area contributed by atoms with Gasteiger partial charge in [-0.25, -0.2) is 5.43 Å². The summed E-state index contributed by atoms with van der Waals surface area (Å²) in [4.78, 5) is 25.1. The highest BCUT2D eigenvalue weighted by molar-refractivity contribution is 8.01. The van der Waals surface area contributed by atoms with Gasteiger partial charge in [-0.05, 0) is 17.9 Å². The molecular weight excluding hydrogens is 324 g/mol. The Bertz CT molecular complexity index is 593. The first-order valence-corrected chi connectivity index (χ1v) is 9.47. The first-order valence-electron chi connectivity index (χ1n) is 8.42. The lowest BCUT2D eigenvalue weighted by Gasteiger charge is -2.27. The number of rotatable bonds is 6. The molecule has 2 aliphatic rings. The monoisotopic (exact) mass is 348 g/mol. The predicted molar refractivity (Wildman–Crippen MR) is 94.4 cm³/mol. The topological polar surface area (TPSA) is 58.6 Å². The molecule has 1 amide bonds. The highest BCUT2D eigenvalue weighted by Crippen LogP contribution is 2.31. The van der Waals surface area contributed by atoms with Crippen LogP contribution in [0.4, 0.5) is 0 Å². The third-order valence-corrected chi connectivity index (χ3v) is 5.66. The largest absolute Gasteiger partial charge is 0.364 e. The second-order valence-corrected chi connectivity index (χ2v) is 7.97. The van der Waals surface area contributed by atoms with Gasteiger partial charge in [0.1, 0.15) is 12.1 Å². The molecule has 5 nitrogen and oxygen atoms in total. The number of ether oxygens (including phenoxy) is 1. The lowest BCUT2D eigenvalue weighted by atomic mass is 10.0. The van der Waals surface area contributed by atoms with Gasteiger partial charge in [0.25, 0.3) is 5.91 Å². The molecule has 0 radical (unpaired) electrons. The van der Waals surface area contributed by atoms with E-state index in [1.807, 2.05) is 30.3 Å². The van der Waals surface area contributed by atoms with E-state index in [2.05, 4.69) is 19.3 Å². The molecule has 1 aromatic carbocycles. The van der Waals surface area contributed by atoms with E-state index in [9.17, 15) is 9.59 Å². The Balaban J connectivity index is 1.68. The third kappa shape index (κ3) is 3.82. The fourth-order valence-corrected chi connectivity index (χ4v) is 4.35. The summed E-state index contributed by atoms with van der Waals surface area (Å²) in [5, 5.41) is 1.71. The summed E-state index contributed by atoms with van der Waals surface area (Å²) >= 11 is 1.63. The van der Waals surface area contributed by atoms with Gasteiger partial charge < -0.3 is 4.74 Å². The minimum absolute atomic E-state index is 0.122. The van der Waals surface area contributed by atoms with Gasteiger partial charge in [-0.3, -0.25) is 14.6 Å². The van der Waals surface area contributed by atoms with Gasteiger partial charge in [0, 0.05) is 11.8 Å². The molecule has 3 rings (SSSR count). The molecule has 0 aromatic heterocycles. The standard InChI is InChI=1S/C18H24N2O3S/c1-12(2)8-15(23-10-13-6-4-3-5-7-13)18(22)20-17-14(21)11-24-16(17)9-19-20/h3-7,12,15-17,19H,8-11H2,1-2H3/t15-,16+,17+/m0/s1. The van der Waals surface area contributed by atoms with Crippen LogP contribution in [0.2, 0.25) is 0 Å². The van der Waals surface area contributed by atoms with Crippen LogP contribution in [0.1, 0.15) is 25.8 Å². The zero-order valence-corrected chi connectivity index (χ0v) is 14.9. The van der Waals surface area contributed by atoms with Crippen LogP contribution in [0.5, 0.6) is 0 Å². The van der Waals surface area contributed by atoms with E-state index in [0.717, 1.165) is 5.56 Å². The Labute approximate surface area is 147 Å². The Kier molecular flexibility index (Phi) is 5.58. The van der Waals surface area contributed by atoms with Crippen LogP contribution in [0, 0.1) is 5.92 Å². The van der Waals surface area contributed by atoms with E-state index >= 15 is 0 Å². The van der Waals surface area contributed by atoms with Crippen molar-refractivity contribution in [3.05, 3.63) is 35.9 Å². The number of hydrazine groups is 1. The van der Waals surface area contributed by atoms with Crippen molar-refractivity contribution in [2.45, 2.75) is 44.3 Å². The molecule has 0 bridgehead atoms. The Morgan fingerprint density at radius 3 is 2.83 bits per heavy atom. The minimum Gasteiger partial charge on any atom is -0.364 e. The van der Waals surface area contributed by atoms with Gasteiger partial charge in [-0.1, -0.05) is 44.2 Å². The van der Waals surface area contributed by atoms with E-state index in [1.165, 1.54) is 5.01 Å². The van der Waals surface area contributed by atoms with Crippen molar-refractivity contribution in [2.75, 3.05) is 12.3 Å². The molecule has 3 atom stereocenters. The van der Waals surface area contributed by atoms with Crippen molar-refractivity contribution < 1.29 is 14.3 Å². The molecule has 1 aromatic rings. The molecule has 2 aliphatic heterocycles. The normalized spacial score (nSPS) is 24.5. The van der Waals surface area contributed by atoms with E-state index in [0.29, 0.717) is 31.2 Å². The quantitative estimate of drug-likeness (QED) is 0.852. The van der Waals surface area contributed by atoms with Gasteiger partial charge in [-0.2, -0.15) is 0 Å². The van der Waals surface area contributed by atoms with Crippen molar-refractivity contribution in [3.8, 4) is 0 Å². The summed E-state index contributed by atoms with van der Waals surface area (Å²) in [7, 11) is 0. The summed E-state index contributed by atoms with van der Waals surface area (Å²) in [6.07, 6.45) is 0.109. The zero-order chi connectivity index (χ0) is 17.1. The van der Waals surface area contributed by atoms with E-state index in [1.54, 1.807) is 11.8 Å². The number of thioether (sulfide) groups is 1. The molecule has 0 spiro atoms. The Hall–Kier alpha value is -1.37. The number of amides is 1. The van der Waals surface area contributed by atoms with Gasteiger partial charge >= 0.3 is 0 Å². The maximum Gasteiger partial charge on any atom is 0.266 e. The average molecular weight is 348 g/mol. The van der Waals surface area contributed by atoms with Crippen LogP contribution in [0.15, 0.2) is 30.3 Å². The number of hydrogen-bond donors (Lipinski definition) is 1. The van der Waals surface area contributed by atoms with Crippen molar-refractivity contribution in [3.63, 3.8) is 0 Å². The van der Waals surface area contributed by atoms with Crippen LogP contribution >= 0.6 is 11.8 Å². The maximum absolute atomic E-state index is 13.0. The number of ketones is 1. The fraction of sp³-hybridized carbons (Fsp3) is 0.556. The second kappa shape index (κ2) is 7.68. The Morgan fingerprint density at radius 2 is 2.12 bits per heavy atom. The zero-order valence-electron chi connectivity index (χ0n) is 14.1. The molecule has 1 N–H and O–H groups in total. The van der Waals surface area contributed by atoms with Crippen molar-refractivity contribution in [1.29, 1.82) is 0 Å². The molecule has 6 heteroatoms. The number of nitrogens with zero attached hydrogens (tertiary/aromatic N) is 1. The average Bonchev–Trinajstić information content (AvgIpc) is 3.15. The molecule has 0 saturated carbocycles. The fourth-order valence-electron chi connectivity index (χ4n) is 3.15. The highest BCUT2D eigenvalue weighted by Gasteiger charge is 2.47. The van der Waals surface area contributed by atoms with E-state index in [4.69, 9.17) is 4.74 Å². The van der Waals surface area contributed by atoms with Crippen LogP contribution in [-0.4, -0.2) is 46.4 Å². The summed E-state index contributed by atoms with van der Waals surface area (Å²) in [5.41, 5.74) is 4.14. The van der Waals surface area contributed by atoms with Crippen LogP contribution < -0.4 is 5.43 Å². The molecule has 0 aliphatic carbocycles. The van der Waals surface area contributed by atoms with Crippen molar-refractivity contribution in [2.24, 2.45) is 5.92 Å². The van der Waals surface area contributed by atoms with Gasteiger partial charge in [-0.15, -0.1) is 11.8 Å². The minimum atomic E-state index is -0.533. The molecule has 130 valence electrons.